The first-order valence-corrected chi connectivity index (χ1v) is 11.9. The van der Waals surface area contributed by atoms with Crippen LogP contribution in [0, 0.1) is 5.41 Å². The molecule has 0 saturated heterocycles. The summed E-state index contributed by atoms with van der Waals surface area (Å²) in [6.07, 6.45) is 2.14. The average Bonchev–Trinajstić information content (AvgIpc) is 2.53. The maximum Gasteiger partial charge on any atom is 0.476 e. The van der Waals surface area contributed by atoms with Gasteiger partial charge in [-0.2, -0.15) is 0 Å². The third-order valence-corrected chi connectivity index (χ3v) is 6.39. The topological polar surface area (TPSA) is 52.6 Å². The number of hydrogen-bond acceptors (Lipinski definition) is 5. The van der Waals surface area contributed by atoms with Crippen molar-refractivity contribution in [3.63, 3.8) is 0 Å². The number of benzene rings is 1. The number of thioether (sulfide) groups is 1. The second-order valence-electron chi connectivity index (χ2n) is 6.82. The number of halogens is 1. The molecule has 25 heavy (non-hydrogen) atoms. The highest BCUT2D eigenvalue weighted by atomic mass is 35.7. The molecule has 1 rings (SSSR count). The van der Waals surface area contributed by atoms with E-state index in [1.165, 1.54) is 5.56 Å². The van der Waals surface area contributed by atoms with Gasteiger partial charge < -0.3 is 4.52 Å². The van der Waals surface area contributed by atoms with Gasteiger partial charge in [-0.3, -0.25) is 9.32 Å². The van der Waals surface area contributed by atoms with E-state index in [2.05, 4.69) is 13.8 Å². The lowest BCUT2D eigenvalue weighted by molar-refractivity contribution is -0.117. The predicted molar refractivity (Wildman–Crippen MR) is 107 cm³/mol. The first-order valence-electron chi connectivity index (χ1n) is 8.50. The van der Waals surface area contributed by atoms with E-state index >= 15 is 0 Å². The predicted octanol–water partition coefficient (Wildman–Crippen LogP) is 6.64. The summed E-state index contributed by atoms with van der Waals surface area (Å²) in [4.78, 5) is 11.8. The molecule has 0 amide bonds. The van der Waals surface area contributed by atoms with Crippen molar-refractivity contribution < 1.29 is 18.4 Å². The molecule has 0 fully saturated rings. The fourth-order valence-corrected chi connectivity index (χ4v) is 4.30. The van der Waals surface area contributed by atoms with Gasteiger partial charge in [-0.1, -0.05) is 58.5 Å². The molecule has 0 aromatic heterocycles. The number of hydrogen-bond donors (Lipinski definition) is 0. The van der Waals surface area contributed by atoms with Gasteiger partial charge in [-0.15, -0.1) is 0 Å². The van der Waals surface area contributed by atoms with Crippen molar-refractivity contribution in [2.75, 3.05) is 12.4 Å². The van der Waals surface area contributed by atoms with Gasteiger partial charge in [0.1, 0.15) is 5.75 Å². The van der Waals surface area contributed by atoms with E-state index in [9.17, 15) is 9.36 Å². The molecule has 142 valence electrons. The minimum atomic E-state index is -3.72. The first kappa shape index (κ1) is 22.6. The van der Waals surface area contributed by atoms with E-state index in [0.29, 0.717) is 17.4 Å². The third-order valence-electron chi connectivity index (χ3n) is 3.73. The summed E-state index contributed by atoms with van der Waals surface area (Å²) < 4.78 is 22.6. The molecule has 7 heteroatoms. The van der Waals surface area contributed by atoms with E-state index in [-0.39, 0.29) is 11.7 Å². The van der Waals surface area contributed by atoms with Crippen LogP contribution in [0.1, 0.15) is 58.9 Å². The Hall–Kier alpha value is -0.480. The normalized spacial score (nSPS) is 14.4. The maximum atomic E-state index is 12.2. The fraction of sp³-hybridized carbons (Fsp3) is 0.611. The summed E-state index contributed by atoms with van der Waals surface area (Å²) in [5.41, 5.74) is 0.808. The van der Waals surface area contributed by atoms with Gasteiger partial charge in [0.15, 0.2) is 5.12 Å². The summed E-state index contributed by atoms with van der Waals surface area (Å²) in [6, 6.07) is 7.43. The lowest BCUT2D eigenvalue weighted by Crippen LogP contribution is -2.17. The van der Waals surface area contributed by atoms with E-state index in [0.717, 1.165) is 24.6 Å². The SMILES string of the molecule is CCC(CC)c1ccc(OP(=O)(Cl)OCCSC(=O)C(C)(C)C)cc1. The van der Waals surface area contributed by atoms with Crippen LogP contribution in [0.25, 0.3) is 0 Å². The molecule has 0 heterocycles. The maximum absolute atomic E-state index is 12.2. The van der Waals surface area contributed by atoms with Crippen LogP contribution >= 0.6 is 30.0 Å². The Morgan fingerprint density at radius 1 is 1.20 bits per heavy atom. The van der Waals surface area contributed by atoms with Gasteiger partial charge in [-0.05, 0) is 36.5 Å². The van der Waals surface area contributed by atoms with Crippen LogP contribution in [-0.4, -0.2) is 17.5 Å². The van der Waals surface area contributed by atoms with Crippen molar-refractivity contribution in [2.45, 2.75) is 53.4 Å². The summed E-state index contributed by atoms with van der Waals surface area (Å²) in [7, 11) is 0. The third kappa shape index (κ3) is 8.17. The first-order chi connectivity index (χ1) is 11.6. The summed E-state index contributed by atoms with van der Waals surface area (Å²) in [5, 5.41) is 0.0541. The van der Waals surface area contributed by atoms with Crippen LogP contribution in [-0.2, 0) is 13.9 Å². The molecule has 0 spiro atoms. The molecule has 0 aliphatic rings. The van der Waals surface area contributed by atoms with Gasteiger partial charge in [0.25, 0.3) is 0 Å². The second-order valence-corrected chi connectivity index (χ2v) is 10.4. The number of rotatable bonds is 9. The lowest BCUT2D eigenvalue weighted by Gasteiger charge is -2.17. The molecule has 0 aliphatic heterocycles. The second kappa shape index (κ2) is 10.0. The Labute approximate surface area is 160 Å². The molecule has 0 aliphatic carbocycles. The summed E-state index contributed by atoms with van der Waals surface area (Å²) >= 11 is 6.99. The molecule has 0 N–H and O–H groups in total. The van der Waals surface area contributed by atoms with Crippen LogP contribution in [0.5, 0.6) is 5.75 Å². The van der Waals surface area contributed by atoms with E-state index in [1.54, 1.807) is 12.1 Å². The monoisotopic (exact) mass is 406 g/mol. The molecular weight excluding hydrogens is 379 g/mol. The standard InChI is InChI=1S/C18H28ClO4PS/c1-6-14(7-2)15-8-10-16(11-9-15)23-24(19,21)22-12-13-25-17(20)18(3,4)5/h8-11,14H,6-7,12-13H2,1-5H3. The summed E-state index contributed by atoms with van der Waals surface area (Å²) in [6.45, 7) is 6.23. The largest absolute Gasteiger partial charge is 0.476 e. The zero-order valence-electron chi connectivity index (χ0n) is 15.6. The summed E-state index contributed by atoms with van der Waals surface area (Å²) in [5.74, 6) is 1.29. The van der Waals surface area contributed by atoms with Crippen molar-refractivity contribution >= 4 is 35.1 Å². The van der Waals surface area contributed by atoms with Crippen LogP contribution < -0.4 is 4.52 Å². The van der Waals surface area contributed by atoms with E-state index in [4.69, 9.17) is 20.3 Å². The van der Waals surface area contributed by atoms with Crippen LogP contribution in [0.15, 0.2) is 24.3 Å². The van der Waals surface area contributed by atoms with Crippen LogP contribution in [0.4, 0.5) is 0 Å². The van der Waals surface area contributed by atoms with Crippen molar-refractivity contribution in [2.24, 2.45) is 5.41 Å². The van der Waals surface area contributed by atoms with Gasteiger partial charge in [-0.25, -0.2) is 4.57 Å². The molecule has 0 bridgehead atoms. The van der Waals surface area contributed by atoms with Gasteiger partial charge in [0, 0.05) is 22.4 Å². The molecule has 4 nitrogen and oxygen atoms in total. The smallest absolute Gasteiger partial charge is 0.413 e. The zero-order valence-corrected chi connectivity index (χ0v) is 18.0. The quantitative estimate of drug-likeness (QED) is 0.340. The Morgan fingerprint density at radius 2 is 1.76 bits per heavy atom. The molecule has 1 atom stereocenters. The molecule has 0 saturated carbocycles. The van der Waals surface area contributed by atoms with Crippen molar-refractivity contribution in [1.82, 2.24) is 0 Å². The van der Waals surface area contributed by atoms with Crippen molar-refractivity contribution in [1.29, 1.82) is 0 Å². The van der Waals surface area contributed by atoms with Crippen molar-refractivity contribution in [3.8, 4) is 5.75 Å². The minimum Gasteiger partial charge on any atom is -0.413 e. The highest BCUT2D eigenvalue weighted by molar-refractivity contribution is 8.13. The molecule has 0 radical (unpaired) electrons. The Bertz CT molecular complexity index is 594. The lowest BCUT2D eigenvalue weighted by atomic mass is 9.94. The fourth-order valence-electron chi connectivity index (χ4n) is 2.21. The minimum absolute atomic E-state index is 0.0541. The Balaban J connectivity index is 2.49. The molecule has 1 aromatic carbocycles. The highest BCUT2D eigenvalue weighted by Gasteiger charge is 2.25. The zero-order chi connectivity index (χ0) is 19.1. The molecular formula is C18H28ClO4PS. The number of carbonyl (C=O) groups is 1. The Kier molecular flexibility index (Phi) is 9.03. The van der Waals surface area contributed by atoms with E-state index < -0.39 is 12.4 Å². The molecule has 1 aromatic rings. The van der Waals surface area contributed by atoms with Crippen LogP contribution in [0.3, 0.4) is 0 Å². The number of carbonyl (C=O) groups excluding carboxylic acids is 1. The Morgan fingerprint density at radius 3 is 2.24 bits per heavy atom. The van der Waals surface area contributed by atoms with Crippen LogP contribution in [0.2, 0.25) is 0 Å². The molecule has 1 unspecified atom stereocenters. The van der Waals surface area contributed by atoms with Crippen molar-refractivity contribution in [3.05, 3.63) is 29.8 Å². The van der Waals surface area contributed by atoms with Gasteiger partial charge in [0.2, 0.25) is 0 Å². The van der Waals surface area contributed by atoms with Gasteiger partial charge >= 0.3 is 6.95 Å². The van der Waals surface area contributed by atoms with Gasteiger partial charge in [0.05, 0.1) is 6.61 Å². The van der Waals surface area contributed by atoms with E-state index in [1.807, 2.05) is 32.9 Å². The average molecular weight is 407 g/mol. The highest BCUT2D eigenvalue weighted by Crippen LogP contribution is 2.53.